The van der Waals surface area contributed by atoms with Gasteiger partial charge >= 0.3 is 0 Å². The molecule has 2 N–H and O–H groups in total. The minimum absolute atomic E-state index is 0.434. The van der Waals surface area contributed by atoms with E-state index in [-0.39, 0.29) is 0 Å². The van der Waals surface area contributed by atoms with E-state index in [4.69, 9.17) is 4.74 Å². The molecule has 0 amide bonds. The number of nitrogens with zero attached hydrogens (tertiary/aromatic N) is 5. The van der Waals surface area contributed by atoms with Crippen molar-refractivity contribution >= 4 is 11.6 Å². The van der Waals surface area contributed by atoms with Crippen molar-refractivity contribution in [3.05, 3.63) is 54.7 Å². The first kappa shape index (κ1) is 16.7. The van der Waals surface area contributed by atoms with Crippen molar-refractivity contribution in [2.75, 3.05) is 19.7 Å². The second-order valence-electron chi connectivity index (χ2n) is 5.20. The molecule has 0 fully saturated rings. The first-order valence-electron chi connectivity index (χ1n) is 8.20. The third kappa shape index (κ3) is 4.66. The van der Waals surface area contributed by atoms with Gasteiger partial charge in [0.2, 0.25) is 0 Å². The van der Waals surface area contributed by atoms with Crippen molar-refractivity contribution in [1.82, 2.24) is 30.2 Å². The number of ether oxygens (including phenoxy) is 1. The summed E-state index contributed by atoms with van der Waals surface area (Å²) >= 11 is 0. The fourth-order valence-electron chi connectivity index (χ4n) is 2.26. The molecule has 8 heteroatoms. The van der Waals surface area contributed by atoms with Crippen LogP contribution in [0.1, 0.15) is 12.7 Å². The Morgan fingerprint density at radius 1 is 1.20 bits per heavy atom. The second kappa shape index (κ2) is 8.62. The maximum absolute atomic E-state index is 5.61. The minimum Gasteiger partial charge on any atom is -0.490 e. The molecule has 0 atom stereocenters. The van der Waals surface area contributed by atoms with Crippen LogP contribution in [0, 0.1) is 0 Å². The Bertz CT molecular complexity index is 816. The number of nitrogens with one attached hydrogen (secondary N) is 2. The Labute approximate surface area is 146 Å². The monoisotopic (exact) mass is 339 g/mol. The Morgan fingerprint density at radius 2 is 2.16 bits per heavy atom. The SMILES string of the molecule is CCNC(=NCc1nnc2ccccn12)NCCOc1cccnc1. The fourth-order valence-corrected chi connectivity index (χ4v) is 2.26. The van der Waals surface area contributed by atoms with Crippen LogP contribution in [0.3, 0.4) is 0 Å². The van der Waals surface area contributed by atoms with Crippen LogP contribution in [0.5, 0.6) is 5.75 Å². The van der Waals surface area contributed by atoms with E-state index in [0.717, 1.165) is 23.8 Å². The van der Waals surface area contributed by atoms with Crippen LogP contribution in [-0.2, 0) is 6.54 Å². The largest absolute Gasteiger partial charge is 0.490 e. The number of pyridine rings is 2. The van der Waals surface area contributed by atoms with Crippen LogP contribution < -0.4 is 15.4 Å². The third-order valence-corrected chi connectivity index (χ3v) is 3.40. The van der Waals surface area contributed by atoms with Gasteiger partial charge in [0.05, 0.1) is 12.7 Å². The lowest BCUT2D eigenvalue weighted by molar-refractivity contribution is 0.320. The number of fused-ring (bicyclic) bond motifs is 1. The summed E-state index contributed by atoms with van der Waals surface area (Å²) in [5.74, 6) is 2.26. The molecule has 0 aromatic carbocycles. The molecular weight excluding hydrogens is 318 g/mol. The van der Waals surface area contributed by atoms with E-state index in [1.54, 1.807) is 12.4 Å². The minimum atomic E-state index is 0.434. The number of rotatable bonds is 7. The van der Waals surface area contributed by atoms with Gasteiger partial charge in [0.15, 0.2) is 17.4 Å². The van der Waals surface area contributed by atoms with Crippen molar-refractivity contribution in [2.24, 2.45) is 4.99 Å². The van der Waals surface area contributed by atoms with Gasteiger partial charge in [-0.15, -0.1) is 10.2 Å². The first-order chi connectivity index (χ1) is 12.4. The molecule has 8 nitrogen and oxygen atoms in total. The van der Waals surface area contributed by atoms with Gasteiger partial charge < -0.3 is 15.4 Å². The van der Waals surface area contributed by atoms with Gasteiger partial charge in [0.25, 0.3) is 0 Å². The lowest BCUT2D eigenvalue weighted by Crippen LogP contribution is -2.39. The number of hydrogen-bond acceptors (Lipinski definition) is 5. The molecule has 0 aliphatic rings. The van der Waals surface area contributed by atoms with Crippen molar-refractivity contribution in [3.63, 3.8) is 0 Å². The molecule has 3 aromatic heterocycles. The van der Waals surface area contributed by atoms with E-state index in [1.807, 2.05) is 47.9 Å². The zero-order chi connectivity index (χ0) is 17.3. The molecule has 25 heavy (non-hydrogen) atoms. The molecule has 0 spiro atoms. The summed E-state index contributed by atoms with van der Waals surface area (Å²) in [7, 11) is 0. The first-order valence-corrected chi connectivity index (χ1v) is 8.20. The zero-order valence-electron chi connectivity index (χ0n) is 14.1. The van der Waals surface area contributed by atoms with Crippen LogP contribution in [0.4, 0.5) is 0 Å². The highest BCUT2D eigenvalue weighted by Gasteiger charge is 2.04. The van der Waals surface area contributed by atoms with E-state index in [2.05, 4.69) is 30.8 Å². The molecule has 0 bridgehead atoms. The van der Waals surface area contributed by atoms with Gasteiger partial charge in [-0.05, 0) is 31.2 Å². The van der Waals surface area contributed by atoms with E-state index < -0.39 is 0 Å². The molecule has 3 aromatic rings. The topological polar surface area (TPSA) is 88.7 Å². The van der Waals surface area contributed by atoms with Crippen LogP contribution in [-0.4, -0.2) is 45.2 Å². The van der Waals surface area contributed by atoms with Crippen LogP contribution in [0.15, 0.2) is 53.9 Å². The Hall–Kier alpha value is -3.16. The number of hydrogen-bond donors (Lipinski definition) is 2. The number of aliphatic imine (C=N–C) groups is 1. The van der Waals surface area contributed by atoms with Crippen molar-refractivity contribution in [2.45, 2.75) is 13.5 Å². The molecule has 0 saturated carbocycles. The molecule has 0 saturated heterocycles. The molecule has 0 radical (unpaired) electrons. The summed E-state index contributed by atoms with van der Waals surface area (Å²) in [6.07, 6.45) is 5.34. The smallest absolute Gasteiger partial charge is 0.191 e. The lowest BCUT2D eigenvalue weighted by Gasteiger charge is -2.11. The highest BCUT2D eigenvalue weighted by atomic mass is 16.5. The third-order valence-electron chi connectivity index (χ3n) is 3.40. The summed E-state index contributed by atoms with van der Waals surface area (Å²) in [4.78, 5) is 8.57. The van der Waals surface area contributed by atoms with E-state index in [1.165, 1.54) is 0 Å². The zero-order valence-corrected chi connectivity index (χ0v) is 14.1. The molecule has 0 aliphatic heterocycles. The van der Waals surface area contributed by atoms with Crippen molar-refractivity contribution in [3.8, 4) is 5.75 Å². The maximum Gasteiger partial charge on any atom is 0.191 e. The lowest BCUT2D eigenvalue weighted by atomic mass is 10.4. The fraction of sp³-hybridized carbons (Fsp3) is 0.294. The van der Waals surface area contributed by atoms with Gasteiger partial charge in [0, 0.05) is 18.9 Å². The van der Waals surface area contributed by atoms with Crippen LogP contribution in [0.25, 0.3) is 5.65 Å². The van der Waals surface area contributed by atoms with Crippen molar-refractivity contribution < 1.29 is 4.74 Å². The summed E-state index contributed by atoms with van der Waals surface area (Å²) in [5.41, 5.74) is 0.815. The molecular formula is C17H21N7O. The van der Waals surface area contributed by atoms with Gasteiger partial charge in [-0.1, -0.05) is 6.07 Å². The summed E-state index contributed by atoms with van der Waals surface area (Å²) < 4.78 is 7.54. The normalized spacial score (nSPS) is 11.5. The van der Waals surface area contributed by atoms with Crippen LogP contribution in [0.2, 0.25) is 0 Å². The quantitative estimate of drug-likeness (QED) is 0.383. The van der Waals surface area contributed by atoms with E-state index in [9.17, 15) is 0 Å². The van der Waals surface area contributed by atoms with Gasteiger partial charge in [0.1, 0.15) is 18.9 Å². The average molecular weight is 339 g/mol. The molecule has 130 valence electrons. The van der Waals surface area contributed by atoms with E-state index >= 15 is 0 Å². The molecule has 3 heterocycles. The van der Waals surface area contributed by atoms with E-state index in [0.29, 0.717) is 25.7 Å². The number of aromatic nitrogens is 4. The average Bonchev–Trinajstić information content (AvgIpc) is 3.07. The highest BCUT2D eigenvalue weighted by Crippen LogP contribution is 2.05. The predicted octanol–water partition coefficient (Wildman–Crippen LogP) is 1.26. The summed E-state index contributed by atoms with van der Waals surface area (Å²) in [6.45, 7) is 4.38. The molecule has 0 unspecified atom stereocenters. The van der Waals surface area contributed by atoms with Crippen LogP contribution >= 0.6 is 0 Å². The highest BCUT2D eigenvalue weighted by molar-refractivity contribution is 5.79. The Morgan fingerprint density at radius 3 is 3.00 bits per heavy atom. The molecule has 3 rings (SSSR count). The van der Waals surface area contributed by atoms with Gasteiger partial charge in [-0.3, -0.25) is 9.38 Å². The van der Waals surface area contributed by atoms with Gasteiger partial charge in [-0.25, -0.2) is 4.99 Å². The standard InChI is InChI=1S/C17H21N7O/c1-2-19-17(20-9-11-25-14-6-5-8-18-12-14)21-13-16-23-22-15-7-3-4-10-24(15)16/h3-8,10,12H,2,9,11,13H2,1H3,(H2,19,20,21). The summed E-state index contributed by atoms with van der Waals surface area (Å²) in [5, 5.41) is 14.8. The maximum atomic E-state index is 5.61. The Kier molecular flexibility index (Phi) is 5.76. The Balaban J connectivity index is 1.54. The predicted molar refractivity (Wildman–Crippen MR) is 95.5 cm³/mol. The van der Waals surface area contributed by atoms with Crippen molar-refractivity contribution in [1.29, 1.82) is 0 Å². The summed E-state index contributed by atoms with van der Waals surface area (Å²) in [6, 6.07) is 9.52. The molecule has 0 aliphatic carbocycles. The number of guanidine groups is 1. The second-order valence-corrected chi connectivity index (χ2v) is 5.20. The van der Waals surface area contributed by atoms with Gasteiger partial charge in [-0.2, -0.15) is 0 Å².